The average molecular weight is 350 g/mol. The van der Waals surface area contributed by atoms with Crippen LogP contribution >= 0.6 is 8.17 Å². The molecule has 1 fully saturated rings. The molecular weight excluding hydrogens is 327 g/mol. The van der Waals surface area contributed by atoms with Crippen molar-refractivity contribution in [3.05, 3.63) is 60.7 Å². The van der Waals surface area contributed by atoms with E-state index in [2.05, 4.69) is 6.58 Å². The average Bonchev–Trinajstić information content (AvgIpc) is 2.70. The Hall–Kier alpha value is -1.07. The lowest BCUT2D eigenvalue weighted by atomic mass is 10.0. The smallest absolute Gasteiger partial charge is 0.381 e. The second-order valence-electron chi connectivity index (χ2n) is 6.14. The van der Waals surface area contributed by atoms with E-state index in [-0.39, 0.29) is 24.2 Å². The number of phosphoric acid groups is 1. The molecule has 6 heteroatoms. The molecule has 2 aliphatic rings. The monoisotopic (exact) mass is 350 g/mol. The molecule has 2 aliphatic heterocycles. The first-order chi connectivity index (χ1) is 11.6. The molecule has 1 aromatic carbocycles. The van der Waals surface area contributed by atoms with Gasteiger partial charge >= 0.3 is 8.17 Å². The molecule has 1 aromatic rings. The molecular formula is C18H23O5P. The van der Waals surface area contributed by atoms with Crippen LogP contribution in [0, 0.1) is 5.92 Å². The Morgan fingerprint density at radius 1 is 1.29 bits per heavy atom. The minimum absolute atomic E-state index is 0.0181. The van der Waals surface area contributed by atoms with E-state index in [0.717, 1.165) is 5.56 Å². The zero-order chi connectivity index (χ0) is 17.0. The van der Waals surface area contributed by atoms with Crippen molar-refractivity contribution >= 4 is 8.17 Å². The maximum absolute atomic E-state index is 12.7. The van der Waals surface area contributed by atoms with Gasteiger partial charge in [-0.3, -0.25) is 0 Å². The van der Waals surface area contributed by atoms with Gasteiger partial charge in [-0.1, -0.05) is 55.5 Å². The molecule has 1 unspecified atom stereocenters. The second kappa shape index (κ2) is 7.87. The largest absolute Gasteiger partial charge is 0.606 e. The van der Waals surface area contributed by atoms with E-state index in [0.29, 0.717) is 19.6 Å². The van der Waals surface area contributed by atoms with Crippen LogP contribution < -0.4 is 4.89 Å². The fourth-order valence-electron chi connectivity index (χ4n) is 2.72. The molecule has 2 heterocycles. The molecule has 0 aliphatic carbocycles. The quantitative estimate of drug-likeness (QED) is 0.582. The summed E-state index contributed by atoms with van der Waals surface area (Å²) in [5.41, 5.74) is 1.12. The zero-order valence-electron chi connectivity index (χ0n) is 13.7. The molecule has 2 bridgehead atoms. The highest BCUT2D eigenvalue weighted by Gasteiger charge is 2.48. The standard InChI is InChI=1S/C18H23O5P/c1-3-16-11-17-9-10-18(23-24(19,21-16)22-17)14(2)12-20-13-15-7-5-4-6-8-15/h3-10,14,16-18H,1,11-13H2,2H3/t14-,16+,17+,18-,24?/m0/s1. The molecule has 0 radical (unpaired) electrons. The van der Waals surface area contributed by atoms with E-state index in [9.17, 15) is 4.89 Å². The summed E-state index contributed by atoms with van der Waals surface area (Å²) >= 11 is 0. The van der Waals surface area contributed by atoms with Crippen molar-refractivity contribution in [2.75, 3.05) is 6.61 Å². The highest BCUT2D eigenvalue weighted by molar-refractivity contribution is 7.54. The lowest BCUT2D eigenvalue weighted by Crippen LogP contribution is -2.35. The summed E-state index contributed by atoms with van der Waals surface area (Å²) in [4.78, 5) is 12.7. The van der Waals surface area contributed by atoms with Crippen molar-refractivity contribution < 1.29 is 23.2 Å². The number of hydrogen-bond acceptors (Lipinski definition) is 5. The summed E-state index contributed by atoms with van der Waals surface area (Å²) in [5, 5.41) is 0. The fourth-order valence-corrected chi connectivity index (χ4v) is 4.43. The molecule has 0 saturated carbocycles. The number of phosphoric ester groups is 1. The van der Waals surface area contributed by atoms with Crippen LogP contribution in [0.4, 0.5) is 0 Å². The van der Waals surface area contributed by atoms with Crippen molar-refractivity contribution in [2.45, 2.75) is 38.3 Å². The first-order valence-corrected chi connectivity index (χ1v) is 9.62. The molecule has 0 aromatic heterocycles. The van der Waals surface area contributed by atoms with Crippen molar-refractivity contribution in [3.63, 3.8) is 0 Å². The Morgan fingerprint density at radius 3 is 2.83 bits per heavy atom. The molecule has 5 nitrogen and oxygen atoms in total. The fraction of sp³-hybridized carbons (Fsp3) is 0.444. The number of fused-ring (bicyclic) bond motifs is 2. The third-order valence-electron chi connectivity index (χ3n) is 4.08. The molecule has 0 spiro atoms. The minimum atomic E-state index is -3.57. The second-order valence-corrected chi connectivity index (χ2v) is 7.67. The maximum atomic E-state index is 12.7. The highest BCUT2D eigenvalue weighted by Crippen LogP contribution is 2.61. The predicted octanol–water partition coefficient (Wildman–Crippen LogP) is 3.19. The van der Waals surface area contributed by atoms with Gasteiger partial charge in [-0.05, 0) is 5.56 Å². The van der Waals surface area contributed by atoms with Gasteiger partial charge in [-0.2, -0.15) is 13.6 Å². The maximum Gasteiger partial charge on any atom is 0.381 e. The molecule has 5 atom stereocenters. The normalized spacial score (nSPS) is 33.7. The molecule has 1 saturated heterocycles. The topological polar surface area (TPSA) is 60.0 Å². The van der Waals surface area contributed by atoms with E-state index in [1.807, 2.05) is 49.4 Å². The van der Waals surface area contributed by atoms with Crippen LogP contribution in [0.2, 0.25) is 0 Å². The van der Waals surface area contributed by atoms with Crippen LogP contribution in [0.1, 0.15) is 18.9 Å². The first kappa shape index (κ1) is 17.7. The van der Waals surface area contributed by atoms with Gasteiger partial charge in [0.15, 0.2) is 0 Å². The Kier molecular flexibility index (Phi) is 5.82. The summed E-state index contributed by atoms with van der Waals surface area (Å²) in [5.74, 6) is 0.0181. The van der Waals surface area contributed by atoms with Crippen LogP contribution in [-0.2, 0) is 24.9 Å². The summed E-state index contributed by atoms with van der Waals surface area (Å²) in [6.07, 6.45) is 5.07. The van der Waals surface area contributed by atoms with Crippen molar-refractivity contribution in [2.24, 2.45) is 5.92 Å². The third-order valence-corrected chi connectivity index (χ3v) is 5.64. The molecule has 130 valence electrons. The predicted molar refractivity (Wildman–Crippen MR) is 90.8 cm³/mol. The van der Waals surface area contributed by atoms with Crippen LogP contribution in [0.15, 0.2) is 55.1 Å². The van der Waals surface area contributed by atoms with Crippen LogP contribution in [-0.4, -0.2) is 24.9 Å². The van der Waals surface area contributed by atoms with Gasteiger partial charge in [0.2, 0.25) is 0 Å². The van der Waals surface area contributed by atoms with Crippen molar-refractivity contribution in [1.82, 2.24) is 0 Å². The third kappa shape index (κ3) is 4.51. The van der Waals surface area contributed by atoms with E-state index >= 15 is 0 Å². The Labute approximate surface area is 143 Å². The van der Waals surface area contributed by atoms with Crippen molar-refractivity contribution in [1.29, 1.82) is 0 Å². The van der Waals surface area contributed by atoms with Gasteiger partial charge in [0.1, 0.15) is 18.3 Å². The minimum Gasteiger partial charge on any atom is -0.606 e. The number of hydrogen-bond donors (Lipinski definition) is 0. The van der Waals surface area contributed by atoms with Gasteiger partial charge in [0, 0.05) is 12.3 Å². The van der Waals surface area contributed by atoms with Gasteiger partial charge in [-0.15, -0.1) is 6.58 Å². The Morgan fingerprint density at radius 2 is 2.08 bits per heavy atom. The summed E-state index contributed by atoms with van der Waals surface area (Å²) in [6.45, 7) is 6.71. The van der Waals surface area contributed by atoms with Crippen LogP contribution in [0.3, 0.4) is 0 Å². The van der Waals surface area contributed by atoms with Gasteiger partial charge < -0.3 is 9.63 Å². The molecule has 0 N–H and O–H groups in total. The SMILES string of the molecule is C=C[C@@H]1C[C@H]2C=C[C@@H]([C@@H](C)COCc3ccccc3)O[P+]([O-])(O1)O2. The summed E-state index contributed by atoms with van der Waals surface area (Å²) in [6, 6.07) is 9.98. The van der Waals surface area contributed by atoms with Crippen LogP contribution in [0.25, 0.3) is 0 Å². The Balaban J connectivity index is 1.56. The van der Waals surface area contributed by atoms with Gasteiger partial charge in [0.25, 0.3) is 0 Å². The van der Waals surface area contributed by atoms with Crippen molar-refractivity contribution in [3.8, 4) is 0 Å². The van der Waals surface area contributed by atoms with Gasteiger partial charge in [0.05, 0.1) is 13.2 Å². The van der Waals surface area contributed by atoms with Crippen LogP contribution in [0.5, 0.6) is 0 Å². The van der Waals surface area contributed by atoms with E-state index in [1.165, 1.54) is 0 Å². The summed E-state index contributed by atoms with van der Waals surface area (Å²) in [7, 11) is -3.57. The Bertz CT molecular complexity index is 578. The highest BCUT2D eigenvalue weighted by atomic mass is 31.2. The summed E-state index contributed by atoms with van der Waals surface area (Å²) < 4.78 is 22.3. The lowest BCUT2D eigenvalue weighted by molar-refractivity contribution is -0.265. The first-order valence-electron chi connectivity index (χ1n) is 8.16. The zero-order valence-corrected chi connectivity index (χ0v) is 14.6. The molecule has 24 heavy (non-hydrogen) atoms. The van der Waals surface area contributed by atoms with E-state index < -0.39 is 8.17 Å². The van der Waals surface area contributed by atoms with E-state index in [1.54, 1.807) is 6.08 Å². The number of rotatable bonds is 6. The number of ether oxygens (including phenoxy) is 1. The number of benzene rings is 1. The molecule has 0 amide bonds. The van der Waals surface area contributed by atoms with E-state index in [4.69, 9.17) is 18.3 Å². The molecule has 3 rings (SSSR count). The van der Waals surface area contributed by atoms with Gasteiger partial charge in [-0.25, -0.2) is 0 Å². The lowest BCUT2D eigenvalue weighted by Gasteiger charge is -2.35.